The first-order valence-corrected chi connectivity index (χ1v) is 8.37. The molecule has 3 rings (SSSR count). The second kappa shape index (κ2) is 5.68. The Kier molecular flexibility index (Phi) is 3.86. The first-order valence-electron chi connectivity index (χ1n) is 6.51. The fraction of sp³-hybridized carbons (Fsp3) is 0.143. The molecular weight excluding hydrogens is 324 g/mol. The van der Waals surface area contributed by atoms with Gasteiger partial charge in [-0.05, 0) is 37.3 Å². The summed E-state index contributed by atoms with van der Waals surface area (Å²) in [6.07, 6.45) is 0. The van der Waals surface area contributed by atoms with E-state index in [0.717, 1.165) is 5.56 Å². The summed E-state index contributed by atoms with van der Waals surface area (Å²) in [7, 11) is -3.59. The summed E-state index contributed by atoms with van der Waals surface area (Å²) in [5.41, 5.74) is 2.32. The zero-order valence-corrected chi connectivity index (χ0v) is 13.3. The Labute approximate surface area is 132 Å². The minimum absolute atomic E-state index is 0.00561. The monoisotopic (exact) mass is 336 g/mol. The van der Waals surface area contributed by atoms with Gasteiger partial charge in [-0.3, -0.25) is 0 Å². The third kappa shape index (κ3) is 2.96. The lowest BCUT2D eigenvalue weighted by Gasteiger charge is -2.07. The molecule has 1 aromatic heterocycles. The van der Waals surface area contributed by atoms with Gasteiger partial charge in [0.15, 0.2) is 0 Å². The molecule has 0 aliphatic heterocycles. The normalized spacial score (nSPS) is 11.9. The van der Waals surface area contributed by atoms with Crippen molar-refractivity contribution in [2.45, 2.75) is 18.5 Å². The maximum atomic E-state index is 12.2. The molecule has 1 N–H and O–H groups in total. The molecule has 0 amide bonds. The molecule has 0 saturated heterocycles. The van der Waals surface area contributed by atoms with Crippen molar-refractivity contribution in [1.29, 1.82) is 0 Å². The topological polar surface area (TPSA) is 76.9 Å². The van der Waals surface area contributed by atoms with E-state index in [0.29, 0.717) is 16.1 Å². The second-order valence-electron chi connectivity index (χ2n) is 4.84. The summed E-state index contributed by atoms with van der Waals surface area (Å²) < 4.78 is 28.4. The third-order valence-corrected chi connectivity index (χ3v) is 4.85. The smallest absolute Gasteiger partial charge is 0.230 e. The van der Waals surface area contributed by atoms with E-state index in [-0.39, 0.29) is 11.6 Å². The minimum atomic E-state index is -3.59. The first kappa shape index (κ1) is 15.0. The number of nitrogens with one attached hydrogen (secondary N) is 1. The van der Waals surface area contributed by atoms with Gasteiger partial charge in [-0.1, -0.05) is 34.5 Å². The molecule has 0 aliphatic carbocycles. The van der Waals surface area contributed by atoms with Crippen molar-refractivity contribution in [2.75, 3.05) is 0 Å². The van der Waals surface area contributed by atoms with Gasteiger partial charge in [0.1, 0.15) is 12.2 Å². The van der Waals surface area contributed by atoms with Gasteiger partial charge in [-0.25, -0.2) is 13.1 Å². The molecule has 0 bridgehead atoms. The van der Waals surface area contributed by atoms with Crippen molar-refractivity contribution in [2.24, 2.45) is 0 Å². The van der Waals surface area contributed by atoms with Crippen molar-refractivity contribution in [3.05, 3.63) is 53.1 Å². The van der Waals surface area contributed by atoms with Gasteiger partial charge in [0, 0.05) is 5.02 Å². The molecule has 0 radical (unpaired) electrons. The SMILES string of the molecule is Cc1ccc(S(=O)(=O)NCn2nnc3cc(Cl)ccc32)cc1. The molecule has 114 valence electrons. The summed E-state index contributed by atoms with van der Waals surface area (Å²) in [6.45, 7) is 1.89. The van der Waals surface area contributed by atoms with Crippen LogP contribution in [0.25, 0.3) is 11.0 Å². The van der Waals surface area contributed by atoms with Crippen molar-refractivity contribution in [1.82, 2.24) is 19.7 Å². The fourth-order valence-corrected chi connectivity index (χ4v) is 3.13. The van der Waals surface area contributed by atoms with Crippen molar-refractivity contribution in [3.8, 4) is 0 Å². The van der Waals surface area contributed by atoms with Crippen LogP contribution in [0.3, 0.4) is 0 Å². The molecule has 0 atom stereocenters. The average molecular weight is 337 g/mol. The zero-order chi connectivity index (χ0) is 15.7. The molecule has 1 heterocycles. The van der Waals surface area contributed by atoms with Crippen LogP contribution in [0.4, 0.5) is 0 Å². The Bertz CT molecular complexity index is 920. The maximum Gasteiger partial charge on any atom is 0.242 e. The van der Waals surface area contributed by atoms with Gasteiger partial charge in [0.25, 0.3) is 0 Å². The van der Waals surface area contributed by atoms with E-state index in [2.05, 4.69) is 15.0 Å². The number of rotatable bonds is 4. The lowest BCUT2D eigenvalue weighted by molar-refractivity contribution is 0.542. The molecule has 8 heteroatoms. The van der Waals surface area contributed by atoms with Crippen LogP contribution >= 0.6 is 11.6 Å². The van der Waals surface area contributed by atoms with E-state index in [1.807, 2.05) is 6.92 Å². The van der Waals surface area contributed by atoms with E-state index in [9.17, 15) is 8.42 Å². The quantitative estimate of drug-likeness (QED) is 0.793. The Morgan fingerprint density at radius 1 is 1.18 bits per heavy atom. The van der Waals surface area contributed by atoms with Crippen LogP contribution in [-0.4, -0.2) is 23.4 Å². The van der Waals surface area contributed by atoms with E-state index in [1.165, 1.54) is 4.68 Å². The number of nitrogens with zero attached hydrogens (tertiary/aromatic N) is 3. The number of benzene rings is 2. The van der Waals surface area contributed by atoms with Crippen LogP contribution in [0, 0.1) is 6.92 Å². The van der Waals surface area contributed by atoms with Crippen LogP contribution in [0.1, 0.15) is 5.56 Å². The Balaban J connectivity index is 1.82. The molecule has 0 unspecified atom stereocenters. The summed E-state index contributed by atoms with van der Waals surface area (Å²) in [5, 5.41) is 8.44. The number of hydrogen-bond acceptors (Lipinski definition) is 4. The Morgan fingerprint density at radius 2 is 1.91 bits per heavy atom. The number of hydrogen-bond donors (Lipinski definition) is 1. The molecule has 2 aromatic carbocycles. The highest BCUT2D eigenvalue weighted by atomic mass is 35.5. The summed E-state index contributed by atoms with van der Waals surface area (Å²) in [6, 6.07) is 11.8. The summed E-state index contributed by atoms with van der Waals surface area (Å²) in [4.78, 5) is 0.213. The molecule has 0 saturated carbocycles. The van der Waals surface area contributed by atoms with Crippen molar-refractivity contribution >= 4 is 32.7 Å². The number of aromatic nitrogens is 3. The van der Waals surface area contributed by atoms with Crippen molar-refractivity contribution < 1.29 is 8.42 Å². The highest BCUT2D eigenvalue weighted by Gasteiger charge is 2.14. The summed E-state index contributed by atoms with van der Waals surface area (Å²) >= 11 is 5.88. The van der Waals surface area contributed by atoms with Gasteiger partial charge in [0.05, 0.1) is 10.4 Å². The number of sulfonamides is 1. The number of fused-ring (bicyclic) bond motifs is 1. The second-order valence-corrected chi connectivity index (χ2v) is 7.04. The standard InChI is InChI=1S/C14H13ClN4O2S/c1-10-2-5-12(6-3-10)22(20,21)16-9-19-14-7-4-11(15)8-13(14)17-18-19/h2-8,16H,9H2,1H3. The van der Waals surface area contributed by atoms with Crippen LogP contribution < -0.4 is 4.72 Å². The summed E-state index contributed by atoms with van der Waals surface area (Å²) in [5.74, 6) is 0. The van der Waals surface area contributed by atoms with E-state index >= 15 is 0 Å². The van der Waals surface area contributed by atoms with Crippen molar-refractivity contribution in [3.63, 3.8) is 0 Å². The lowest BCUT2D eigenvalue weighted by atomic mass is 10.2. The largest absolute Gasteiger partial charge is 0.242 e. The van der Waals surface area contributed by atoms with Gasteiger partial charge in [-0.2, -0.15) is 4.72 Å². The Morgan fingerprint density at radius 3 is 2.64 bits per heavy atom. The van der Waals surface area contributed by atoms with Crippen LogP contribution in [0.5, 0.6) is 0 Å². The zero-order valence-electron chi connectivity index (χ0n) is 11.7. The highest BCUT2D eigenvalue weighted by molar-refractivity contribution is 7.89. The molecule has 0 fully saturated rings. The molecule has 6 nitrogen and oxygen atoms in total. The predicted molar refractivity (Wildman–Crippen MR) is 84.0 cm³/mol. The third-order valence-electron chi connectivity index (χ3n) is 3.21. The van der Waals surface area contributed by atoms with E-state index in [4.69, 9.17) is 11.6 Å². The van der Waals surface area contributed by atoms with Gasteiger partial charge < -0.3 is 0 Å². The highest BCUT2D eigenvalue weighted by Crippen LogP contribution is 2.17. The maximum absolute atomic E-state index is 12.2. The fourth-order valence-electron chi connectivity index (χ4n) is 2.01. The van der Waals surface area contributed by atoms with Crippen LogP contribution in [0.15, 0.2) is 47.4 Å². The molecule has 22 heavy (non-hydrogen) atoms. The van der Waals surface area contributed by atoms with Gasteiger partial charge >= 0.3 is 0 Å². The number of halogens is 1. The average Bonchev–Trinajstić information content (AvgIpc) is 2.88. The van der Waals surface area contributed by atoms with Gasteiger partial charge in [-0.15, -0.1) is 5.10 Å². The first-order chi connectivity index (χ1) is 10.5. The Hall–Kier alpha value is -1.96. The van der Waals surface area contributed by atoms with Crippen LogP contribution in [0.2, 0.25) is 5.02 Å². The molecule has 0 aliphatic rings. The minimum Gasteiger partial charge on any atom is -0.230 e. The van der Waals surface area contributed by atoms with Gasteiger partial charge in [0.2, 0.25) is 10.0 Å². The van der Waals surface area contributed by atoms with Crippen LogP contribution in [-0.2, 0) is 16.7 Å². The molecule has 0 spiro atoms. The predicted octanol–water partition coefficient (Wildman–Crippen LogP) is 2.33. The lowest BCUT2D eigenvalue weighted by Crippen LogP contribution is -2.27. The molecular formula is C14H13ClN4O2S. The molecule has 3 aromatic rings. The number of aryl methyl sites for hydroxylation is 1. The van der Waals surface area contributed by atoms with E-state index < -0.39 is 10.0 Å². The van der Waals surface area contributed by atoms with E-state index in [1.54, 1.807) is 42.5 Å².